The Balaban J connectivity index is 0.00000176. The van der Waals surface area contributed by atoms with Gasteiger partial charge in [-0.05, 0) is 48.9 Å². The van der Waals surface area contributed by atoms with E-state index < -0.39 is 0 Å². The summed E-state index contributed by atoms with van der Waals surface area (Å²) in [6.45, 7) is 3.92. The fourth-order valence-corrected chi connectivity index (χ4v) is 3.95. The van der Waals surface area contributed by atoms with Gasteiger partial charge in [-0.3, -0.25) is 4.79 Å². The van der Waals surface area contributed by atoms with Gasteiger partial charge in [-0.2, -0.15) is 0 Å². The summed E-state index contributed by atoms with van der Waals surface area (Å²) < 4.78 is 0. The van der Waals surface area contributed by atoms with Crippen molar-refractivity contribution in [1.29, 1.82) is 0 Å². The lowest BCUT2D eigenvalue weighted by atomic mass is 9.78. The van der Waals surface area contributed by atoms with Crippen molar-refractivity contribution in [2.75, 3.05) is 26.2 Å². The fraction of sp³-hybridized carbons (Fsp3) is 0.562. The molecule has 0 unspecified atom stereocenters. The highest BCUT2D eigenvalue weighted by molar-refractivity contribution is 6.36. The number of nitrogens with zero attached hydrogens (tertiary/aromatic N) is 1. The molecule has 6 heteroatoms. The average Bonchev–Trinajstić information content (AvgIpc) is 2.92. The highest BCUT2D eigenvalue weighted by Crippen LogP contribution is 2.37. The Morgan fingerprint density at radius 3 is 2.36 bits per heavy atom. The molecule has 0 aromatic heterocycles. The Morgan fingerprint density at radius 2 is 1.82 bits per heavy atom. The number of benzene rings is 1. The molecule has 0 bridgehead atoms. The molecule has 1 spiro atoms. The zero-order valence-corrected chi connectivity index (χ0v) is 14.7. The number of amides is 1. The van der Waals surface area contributed by atoms with Gasteiger partial charge in [-0.15, -0.1) is 12.4 Å². The first-order valence-electron chi connectivity index (χ1n) is 7.51. The van der Waals surface area contributed by atoms with Gasteiger partial charge in [-0.25, -0.2) is 0 Å². The second-order valence-corrected chi connectivity index (χ2v) is 7.00. The molecule has 3 nitrogen and oxygen atoms in total. The molecule has 1 aromatic carbocycles. The topological polar surface area (TPSA) is 32.3 Å². The van der Waals surface area contributed by atoms with Crippen LogP contribution in [0.5, 0.6) is 0 Å². The lowest BCUT2D eigenvalue weighted by Gasteiger charge is -2.39. The number of hydrogen-bond acceptors (Lipinski definition) is 2. The maximum atomic E-state index is 12.5. The van der Waals surface area contributed by atoms with E-state index in [1.54, 1.807) is 18.2 Å². The highest BCUT2D eigenvalue weighted by Gasteiger charge is 2.38. The molecule has 2 saturated heterocycles. The first-order chi connectivity index (χ1) is 10.1. The fourth-order valence-electron chi connectivity index (χ4n) is 3.42. The smallest absolute Gasteiger partial charge is 0.227 e. The minimum Gasteiger partial charge on any atom is -0.342 e. The third kappa shape index (κ3) is 3.70. The summed E-state index contributed by atoms with van der Waals surface area (Å²) in [7, 11) is 0. The first-order valence-corrected chi connectivity index (χ1v) is 8.27. The molecule has 0 atom stereocenters. The van der Waals surface area contributed by atoms with Crippen molar-refractivity contribution in [1.82, 2.24) is 10.2 Å². The van der Waals surface area contributed by atoms with Gasteiger partial charge in [0.2, 0.25) is 5.91 Å². The maximum Gasteiger partial charge on any atom is 0.227 e. The Morgan fingerprint density at radius 1 is 1.18 bits per heavy atom. The van der Waals surface area contributed by atoms with Crippen LogP contribution in [0.1, 0.15) is 24.8 Å². The Labute approximate surface area is 147 Å². The minimum atomic E-state index is 0. The summed E-state index contributed by atoms with van der Waals surface area (Å²) in [5.41, 5.74) is 1.17. The zero-order chi connectivity index (χ0) is 14.9. The van der Waals surface area contributed by atoms with Crippen LogP contribution in [0.2, 0.25) is 10.0 Å². The Bertz CT molecular complexity index is 514. The number of nitrogens with one attached hydrogen (secondary N) is 1. The predicted molar refractivity (Wildman–Crippen MR) is 93.1 cm³/mol. The van der Waals surface area contributed by atoms with Crippen molar-refractivity contribution in [2.45, 2.75) is 25.7 Å². The van der Waals surface area contributed by atoms with E-state index in [1.807, 2.05) is 4.90 Å². The first kappa shape index (κ1) is 17.9. The Hall–Kier alpha value is -0.480. The summed E-state index contributed by atoms with van der Waals surface area (Å²) in [6.07, 6.45) is 3.74. The summed E-state index contributed by atoms with van der Waals surface area (Å²) in [6, 6.07) is 5.37. The van der Waals surface area contributed by atoms with E-state index in [-0.39, 0.29) is 18.3 Å². The molecule has 0 saturated carbocycles. The molecule has 22 heavy (non-hydrogen) atoms. The van der Waals surface area contributed by atoms with Crippen molar-refractivity contribution in [3.05, 3.63) is 33.8 Å². The monoisotopic (exact) mass is 362 g/mol. The molecule has 1 amide bonds. The molecular formula is C16H21Cl3N2O. The van der Waals surface area contributed by atoms with Crippen LogP contribution in [0.3, 0.4) is 0 Å². The van der Waals surface area contributed by atoms with Gasteiger partial charge in [0, 0.05) is 29.7 Å². The lowest BCUT2D eigenvalue weighted by molar-refractivity contribution is -0.132. The van der Waals surface area contributed by atoms with Crippen molar-refractivity contribution >= 4 is 41.5 Å². The minimum absolute atomic E-state index is 0. The van der Waals surface area contributed by atoms with Gasteiger partial charge in [0.15, 0.2) is 0 Å². The van der Waals surface area contributed by atoms with Crippen LogP contribution < -0.4 is 5.32 Å². The van der Waals surface area contributed by atoms with Crippen LogP contribution >= 0.6 is 35.6 Å². The molecule has 2 aliphatic rings. The molecular weight excluding hydrogens is 343 g/mol. The number of rotatable bonds is 2. The molecule has 3 rings (SSSR count). The number of hydrogen-bond donors (Lipinski definition) is 1. The Kier molecular flexibility index (Phi) is 6.00. The van der Waals surface area contributed by atoms with Crippen molar-refractivity contribution in [3.8, 4) is 0 Å². The second-order valence-electron chi connectivity index (χ2n) is 6.18. The van der Waals surface area contributed by atoms with Crippen LogP contribution in [-0.4, -0.2) is 37.0 Å². The molecule has 0 radical (unpaired) electrons. The number of halogens is 3. The highest BCUT2D eigenvalue weighted by atomic mass is 35.5. The number of piperidine rings is 1. The van der Waals surface area contributed by atoms with E-state index in [0.717, 1.165) is 44.6 Å². The van der Waals surface area contributed by atoms with E-state index in [1.165, 1.54) is 6.42 Å². The van der Waals surface area contributed by atoms with Gasteiger partial charge >= 0.3 is 0 Å². The normalized spacial score (nSPS) is 20.0. The number of likely N-dealkylation sites (tertiary alicyclic amines) is 1. The molecule has 0 aliphatic carbocycles. The van der Waals surface area contributed by atoms with Crippen LogP contribution in [-0.2, 0) is 11.2 Å². The van der Waals surface area contributed by atoms with E-state index in [9.17, 15) is 4.79 Å². The van der Waals surface area contributed by atoms with Crippen molar-refractivity contribution in [2.24, 2.45) is 5.41 Å². The van der Waals surface area contributed by atoms with Gasteiger partial charge < -0.3 is 10.2 Å². The molecule has 2 aliphatic heterocycles. The van der Waals surface area contributed by atoms with Gasteiger partial charge in [0.1, 0.15) is 0 Å². The summed E-state index contributed by atoms with van der Waals surface area (Å²) in [4.78, 5) is 14.4. The maximum absolute atomic E-state index is 12.5. The lowest BCUT2D eigenvalue weighted by Crippen LogP contribution is -2.44. The SMILES string of the molecule is Cl.O=C(Cc1c(Cl)cccc1Cl)N1CCC2(CCNC2)CC1. The van der Waals surface area contributed by atoms with Crippen LogP contribution in [0.15, 0.2) is 18.2 Å². The predicted octanol–water partition coefficient (Wildman–Crippen LogP) is 3.56. The van der Waals surface area contributed by atoms with Crippen LogP contribution in [0.25, 0.3) is 0 Å². The standard InChI is InChI=1S/C16H20Cl2N2O.ClH/c17-13-2-1-3-14(18)12(13)10-15(21)20-8-5-16(6-9-20)4-7-19-11-16;/h1-3,19H,4-11H2;1H. The summed E-state index contributed by atoms with van der Waals surface area (Å²) in [5.74, 6) is 0.130. The summed E-state index contributed by atoms with van der Waals surface area (Å²) >= 11 is 12.3. The number of carbonyl (C=O) groups is 1. The number of carbonyl (C=O) groups excluding carboxylic acids is 1. The molecule has 2 fully saturated rings. The largest absolute Gasteiger partial charge is 0.342 e. The quantitative estimate of drug-likeness (QED) is 0.871. The van der Waals surface area contributed by atoms with Crippen molar-refractivity contribution < 1.29 is 4.79 Å². The third-order valence-corrected chi connectivity index (χ3v) is 5.61. The molecule has 1 aromatic rings. The van der Waals surface area contributed by atoms with Gasteiger partial charge in [0.05, 0.1) is 6.42 Å². The van der Waals surface area contributed by atoms with Gasteiger partial charge in [-0.1, -0.05) is 29.3 Å². The third-order valence-electron chi connectivity index (χ3n) is 4.90. The van der Waals surface area contributed by atoms with E-state index >= 15 is 0 Å². The van der Waals surface area contributed by atoms with E-state index in [0.29, 0.717) is 21.9 Å². The molecule has 122 valence electrons. The van der Waals surface area contributed by atoms with Crippen molar-refractivity contribution in [3.63, 3.8) is 0 Å². The second kappa shape index (κ2) is 7.39. The van der Waals surface area contributed by atoms with Crippen LogP contribution in [0.4, 0.5) is 0 Å². The molecule has 2 heterocycles. The zero-order valence-electron chi connectivity index (χ0n) is 12.4. The van der Waals surface area contributed by atoms with Gasteiger partial charge in [0.25, 0.3) is 0 Å². The van der Waals surface area contributed by atoms with E-state index in [2.05, 4.69) is 5.32 Å². The molecule has 1 N–H and O–H groups in total. The average molecular weight is 364 g/mol. The summed E-state index contributed by atoms with van der Waals surface area (Å²) in [5, 5.41) is 4.59. The van der Waals surface area contributed by atoms with Crippen LogP contribution in [0, 0.1) is 5.41 Å². The van der Waals surface area contributed by atoms with E-state index in [4.69, 9.17) is 23.2 Å².